The summed E-state index contributed by atoms with van der Waals surface area (Å²) in [4.78, 5) is 0. The van der Waals surface area contributed by atoms with Gasteiger partial charge in [0.15, 0.2) is 5.75 Å². The first-order valence-corrected chi connectivity index (χ1v) is 9.61. The van der Waals surface area contributed by atoms with Crippen molar-refractivity contribution in [3.05, 3.63) is 78.4 Å². The second-order valence-corrected chi connectivity index (χ2v) is 7.35. The predicted octanol–water partition coefficient (Wildman–Crippen LogP) is 4.43. The van der Waals surface area contributed by atoms with Crippen LogP contribution in [0.4, 0.5) is 0 Å². The maximum Gasteiger partial charge on any atom is 0.383 e. The lowest BCUT2D eigenvalue weighted by Crippen LogP contribution is -2.35. The van der Waals surface area contributed by atoms with Crippen LogP contribution in [0.15, 0.2) is 72.8 Å². The van der Waals surface area contributed by atoms with Gasteiger partial charge in [-0.15, -0.1) is 0 Å². The van der Waals surface area contributed by atoms with E-state index in [1.54, 1.807) is 6.92 Å². The molecule has 1 heterocycles. The van der Waals surface area contributed by atoms with Crippen molar-refractivity contribution < 1.29 is 17.3 Å². The fourth-order valence-corrected chi connectivity index (χ4v) is 3.97. The molecule has 0 saturated heterocycles. The van der Waals surface area contributed by atoms with Crippen LogP contribution in [0.3, 0.4) is 0 Å². The average molecular weight is 367 g/mol. The lowest BCUT2D eigenvalue weighted by molar-refractivity contribution is 0.437. The van der Waals surface area contributed by atoms with E-state index in [4.69, 9.17) is 8.92 Å². The Morgan fingerprint density at radius 1 is 0.885 bits per heavy atom. The predicted molar refractivity (Wildman–Crippen MR) is 99.5 cm³/mol. The van der Waals surface area contributed by atoms with Gasteiger partial charge in [-0.1, -0.05) is 48.5 Å². The average Bonchev–Trinajstić information content (AvgIpc) is 2.62. The highest BCUT2D eigenvalue weighted by Gasteiger charge is 2.29. The van der Waals surface area contributed by atoms with Crippen molar-refractivity contribution in [2.24, 2.45) is 0 Å². The lowest BCUT2D eigenvalue weighted by Gasteiger charge is -2.25. The molecule has 0 aliphatic carbocycles. The van der Waals surface area contributed by atoms with Gasteiger partial charge in [-0.3, -0.25) is 0 Å². The monoisotopic (exact) mass is 367 g/mol. The van der Waals surface area contributed by atoms with Gasteiger partial charge in [-0.05, 0) is 36.8 Å². The zero-order valence-electron chi connectivity index (χ0n) is 14.0. The van der Waals surface area contributed by atoms with Crippen LogP contribution < -0.4 is 13.6 Å². The molecule has 3 aromatic rings. The van der Waals surface area contributed by atoms with Crippen LogP contribution >= 0.6 is 0 Å². The molecule has 0 radical (unpaired) electrons. The molecule has 0 aromatic heterocycles. The van der Waals surface area contributed by atoms with Gasteiger partial charge in [0.2, 0.25) is 0 Å². The molecule has 4 rings (SSSR count). The van der Waals surface area contributed by atoms with E-state index in [0.29, 0.717) is 11.5 Å². The van der Waals surface area contributed by atoms with E-state index >= 15 is 0 Å². The van der Waals surface area contributed by atoms with E-state index in [9.17, 15) is 8.42 Å². The smallest absolute Gasteiger partial charge is 0.383 e. The molecule has 1 N–H and O–H groups in total. The molecular formula is C20H17NO4S. The molecule has 0 spiro atoms. The first-order valence-electron chi connectivity index (χ1n) is 8.20. The molecule has 1 aliphatic heterocycles. The molecule has 1 atom stereocenters. The Morgan fingerprint density at radius 3 is 2.31 bits per heavy atom. The minimum atomic E-state index is -3.80. The summed E-state index contributed by atoms with van der Waals surface area (Å²) in [6, 6.07) is 22.2. The summed E-state index contributed by atoms with van der Waals surface area (Å²) in [5.74, 6) is 1.83. The Bertz CT molecular complexity index is 1030. The highest BCUT2D eigenvalue weighted by atomic mass is 32.2. The van der Waals surface area contributed by atoms with Crippen LogP contribution in [-0.4, -0.2) is 8.42 Å². The van der Waals surface area contributed by atoms with Crippen LogP contribution in [0.25, 0.3) is 11.1 Å². The number of ether oxygens (including phenoxy) is 1. The second kappa shape index (κ2) is 6.48. The maximum absolute atomic E-state index is 11.9. The minimum Gasteiger partial charge on any atom is -0.457 e. The molecule has 26 heavy (non-hydrogen) atoms. The largest absolute Gasteiger partial charge is 0.457 e. The van der Waals surface area contributed by atoms with E-state index in [1.807, 2.05) is 72.8 Å². The van der Waals surface area contributed by atoms with Crippen LogP contribution in [-0.2, 0) is 10.3 Å². The minimum absolute atomic E-state index is 0.343. The van der Waals surface area contributed by atoms with Crippen LogP contribution in [0.5, 0.6) is 17.2 Å². The van der Waals surface area contributed by atoms with Crippen LogP contribution in [0.2, 0.25) is 0 Å². The SMILES string of the molecule is CC1NS(=O)(=O)Oc2c(-c3ccc(Oc4ccccc4)cc3)cccc21. The second-order valence-electron chi connectivity index (χ2n) is 6.04. The van der Waals surface area contributed by atoms with Crippen molar-refractivity contribution >= 4 is 10.3 Å². The van der Waals surface area contributed by atoms with E-state index in [0.717, 1.165) is 22.4 Å². The molecule has 3 aromatic carbocycles. The van der Waals surface area contributed by atoms with Gasteiger partial charge in [-0.2, -0.15) is 13.1 Å². The molecule has 5 nitrogen and oxygen atoms in total. The molecule has 0 amide bonds. The van der Waals surface area contributed by atoms with E-state index < -0.39 is 10.3 Å². The Labute approximate surface area is 152 Å². The van der Waals surface area contributed by atoms with Crippen molar-refractivity contribution in [1.29, 1.82) is 0 Å². The van der Waals surface area contributed by atoms with Crippen molar-refractivity contribution in [1.82, 2.24) is 4.72 Å². The standard InChI is InChI=1S/C20H17NO4S/c1-14-18-8-5-9-19(20(18)25-26(22,23)21-14)15-10-12-17(13-11-15)24-16-6-3-2-4-7-16/h2-14,21H,1H3. The first-order chi connectivity index (χ1) is 12.5. The van der Waals surface area contributed by atoms with Crippen molar-refractivity contribution in [3.63, 3.8) is 0 Å². The number of rotatable bonds is 3. The van der Waals surface area contributed by atoms with Crippen molar-refractivity contribution in [2.75, 3.05) is 0 Å². The quantitative estimate of drug-likeness (QED) is 0.744. The topological polar surface area (TPSA) is 64.6 Å². The van der Waals surface area contributed by atoms with E-state index in [-0.39, 0.29) is 6.04 Å². The van der Waals surface area contributed by atoms with E-state index in [1.165, 1.54) is 0 Å². The van der Waals surface area contributed by atoms with Gasteiger partial charge in [-0.25, -0.2) is 0 Å². The first kappa shape index (κ1) is 16.6. The van der Waals surface area contributed by atoms with E-state index in [2.05, 4.69) is 4.72 Å². The summed E-state index contributed by atoms with van der Waals surface area (Å²) in [5, 5.41) is 0. The summed E-state index contributed by atoms with van der Waals surface area (Å²) in [7, 11) is -3.80. The summed E-state index contributed by atoms with van der Waals surface area (Å²) in [6.45, 7) is 1.79. The molecule has 1 unspecified atom stereocenters. The number of para-hydroxylation sites is 2. The zero-order chi connectivity index (χ0) is 18.1. The fraction of sp³-hybridized carbons (Fsp3) is 0.100. The van der Waals surface area contributed by atoms with Gasteiger partial charge in [0, 0.05) is 11.1 Å². The van der Waals surface area contributed by atoms with Crippen molar-refractivity contribution in [2.45, 2.75) is 13.0 Å². The summed E-state index contributed by atoms with van der Waals surface area (Å²) >= 11 is 0. The van der Waals surface area contributed by atoms with Gasteiger partial charge in [0.1, 0.15) is 11.5 Å². The Kier molecular flexibility index (Phi) is 4.14. The van der Waals surface area contributed by atoms with Gasteiger partial charge >= 0.3 is 10.3 Å². The van der Waals surface area contributed by atoms with Gasteiger partial charge < -0.3 is 8.92 Å². The van der Waals surface area contributed by atoms with Crippen LogP contribution in [0.1, 0.15) is 18.5 Å². The molecule has 0 saturated carbocycles. The maximum atomic E-state index is 11.9. The fourth-order valence-electron chi connectivity index (χ4n) is 2.96. The number of fused-ring (bicyclic) bond motifs is 1. The Balaban J connectivity index is 1.68. The lowest BCUT2D eigenvalue weighted by atomic mass is 9.98. The molecule has 6 heteroatoms. The molecule has 132 valence electrons. The summed E-state index contributed by atoms with van der Waals surface area (Å²) < 4.78 is 37.3. The normalized spacial score (nSPS) is 17.8. The number of nitrogens with one attached hydrogen (secondary N) is 1. The number of hydrogen-bond acceptors (Lipinski definition) is 4. The third-order valence-electron chi connectivity index (χ3n) is 4.17. The van der Waals surface area contributed by atoms with Crippen LogP contribution in [0, 0.1) is 0 Å². The van der Waals surface area contributed by atoms with Gasteiger partial charge in [0.25, 0.3) is 0 Å². The molecule has 1 aliphatic rings. The van der Waals surface area contributed by atoms with Crippen molar-refractivity contribution in [3.8, 4) is 28.4 Å². The zero-order valence-corrected chi connectivity index (χ0v) is 14.9. The highest BCUT2D eigenvalue weighted by Crippen LogP contribution is 2.40. The third kappa shape index (κ3) is 3.29. The van der Waals surface area contributed by atoms with Gasteiger partial charge in [0.05, 0.1) is 6.04 Å². The number of benzene rings is 3. The molecular weight excluding hydrogens is 350 g/mol. The Morgan fingerprint density at radius 2 is 1.58 bits per heavy atom. The molecule has 0 bridgehead atoms. The summed E-state index contributed by atoms with van der Waals surface area (Å²) in [5.41, 5.74) is 2.39. The Hall–Kier alpha value is -2.83. The number of hydrogen-bond donors (Lipinski definition) is 1. The molecule has 0 fully saturated rings. The summed E-state index contributed by atoms with van der Waals surface area (Å²) in [6.07, 6.45) is 0. The highest BCUT2D eigenvalue weighted by molar-refractivity contribution is 7.85. The third-order valence-corrected chi connectivity index (χ3v) is 5.20.